The first-order chi connectivity index (χ1) is 8.30. The van der Waals surface area contributed by atoms with E-state index in [0.29, 0.717) is 0 Å². The van der Waals surface area contributed by atoms with E-state index in [0.717, 1.165) is 30.4 Å². The zero-order chi connectivity index (χ0) is 12.5. The minimum Gasteiger partial charge on any atom is -0.373 e. The molecule has 96 valence electrons. The number of hydrogen-bond donors (Lipinski definition) is 2. The molecule has 4 nitrogen and oxygen atoms in total. The molecule has 2 N–H and O–H groups in total. The molecular formula is C12H22N4S. The van der Waals surface area contributed by atoms with Gasteiger partial charge in [0.05, 0.1) is 0 Å². The summed E-state index contributed by atoms with van der Waals surface area (Å²) < 4.78 is 0. The summed E-state index contributed by atoms with van der Waals surface area (Å²) in [6.07, 6.45) is 5.43. The van der Waals surface area contributed by atoms with Crippen LogP contribution >= 0.6 is 11.8 Å². The number of thioether (sulfide) groups is 1. The molecule has 0 spiro atoms. The molecule has 1 aromatic heterocycles. The lowest BCUT2D eigenvalue weighted by Gasteiger charge is -2.08. The lowest BCUT2D eigenvalue weighted by atomic mass is 10.3. The Morgan fingerprint density at radius 3 is 2.65 bits per heavy atom. The zero-order valence-electron chi connectivity index (χ0n) is 10.9. The van der Waals surface area contributed by atoms with Gasteiger partial charge in [-0.3, -0.25) is 0 Å². The summed E-state index contributed by atoms with van der Waals surface area (Å²) in [6.45, 7) is 3.04. The number of unbranched alkanes of at least 4 members (excludes halogenated alkanes) is 1. The molecule has 0 aliphatic heterocycles. The number of anilines is 2. The third-order valence-electron chi connectivity index (χ3n) is 2.43. The van der Waals surface area contributed by atoms with E-state index >= 15 is 0 Å². The molecule has 0 aliphatic carbocycles. The quantitative estimate of drug-likeness (QED) is 0.698. The van der Waals surface area contributed by atoms with Crippen LogP contribution in [0.2, 0.25) is 0 Å². The number of rotatable bonds is 8. The fraction of sp³-hybridized carbons (Fsp3) is 0.667. The van der Waals surface area contributed by atoms with Crippen LogP contribution < -0.4 is 10.6 Å². The number of nitrogens with zero attached hydrogens (tertiary/aromatic N) is 2. The summed E-state index contributed by atoms with van der Waals surface area (Å²) in [7, 11) is 1.88. The number of aryl methyl sites for hydroxylation is 1. The average molecular weight is 254 g/mol. The maximum Gasteiger partial charge on any atom is 0.132 e. The molecular weight excluding hydrogens is 232 g/mol. The van der Waals surface area contributed by atoms with Gasteiger partial charge >= 0.3 is 0 Å². The molecule has 0 atom stereocenters. The lowest BCUT2D eigenvalue weighted by molar-refractivity contribution is 0.835. The van der Waals surface area contributed by atoms with Crippen molar-refractivity contribution in [3.8, 4) is 0 Å². The second-order valence-corrected chi connectivity index (χ2v) is 4.77. The zero-order valence-corrected chi connectivity index (χ0v) is 11.7. The summed E-state index contributed by atoms with van der Waals surface area (Å²) in [4.78, 5) is 8.81. The molecule has 0 amide bonds. The highest BCUT2D eigenvalue weighted by Crippen LogP contribution is 2.11. The Morgan fingerprint density at radius 2 is 2.00 bits per heavy atom. The van der Waals surface area contributed by atoms with Crippen molar-refractivity contribution in [3.05, 3.63) is 11.9 Å². The van der Waals surface area contributed by atoms with E-state index in [2.05, 4.69) is 33.8 Å². The van der Waals surface area contributed by atoms with Gasteiger partial charge in [0, 0.05) is 26.1 Å². The first-order valence-electron chi connectivity index (χ1n) is 6.08. The highest BCUT2D eigenvalue weighted by molar-refractivity contribution is 7.98. The molecule has 17 heavy (non-hydrogen) atoms. The van der Waals surface area contributed by atoms with E-state index in [-0.39, 0.29) is 0 Å². The largest absolute Gasteiger partial charge is 0.373 e. The van der Waals surface area contributed by atoms with Crippen molar-refractivity contribution in [3.63, 3.8) is 0 Å². The Labute approximate surface area is 108 Å². The fourth-order valence-electron chi connectivity index (χ4n) is 1.46. The standard InChI is InChI=1S/C12H22N4S/c1-4-10-15-11(13-2)9-12(16-10)14-7-5-6-8-17-3/h9H,4-8H2,1-3H3,(H2,13,14,15,16). The van der Waals surface area contributed by atoms with Gasteiger partial charge in [0.2, 0.25) is 0 Å². The number of nitrogens with one attached hydrogen (secondary N) is 2. The fourth-order valence-corrected chi connectivity index (χ4v) is 1.95. The van der Waals surface area contributed by atoms with Crippen LogP contribution in [-0.4, -0.2) is 35.6 Å². The topological polar surface area (TPSA) is 49.8 Å². The molecule has 0 radical (unpaired) electrons. The van der Waals surface area contributed by atoms with Crippen molar-refractivity contribution in [1.82, 2.24) is 9.97 Å². The highest BCUT2D eigenvalue weighted by atomic mass is 32.2. The highest BCUT2D eigenvalue weighted by Gasteiger charge is 2.01. The Hall–Kier alpha value is -0.970. The maximum atomic E-state index is 4.45. The Bertz CT molecular complexity index is 308. The maximum absolute atomic E-state index is 4.45. The molecule has 1 aromatic rings. The van der Waals surface area contributed by atoms with E-state index in [1.165, 1.54) is 18.6 Å². The van der Waals surface area contributed by atoms with Crippen molar-refractivity contribution < 1.29 is 0 Å². The van der Waals surface area contributed by atoms with E-state index in [4.69, 9.17) is 0 Å². The predicted molar refractivity (Wildman–Crippen MR) is 77.1 cm³/mol. The lowest BCUT2D eigenvalue weighted by Crippen LogP contribution is -2.07. The Morgan fingerprint density at radius 1 is 1.24 bits per heavy atom. The van der Waals surface area contributed by atoms with Gasteiger partial charge < -0.3 is 10.6 Å². The van der Waals surface area contributed by atoms with Crippen LogP contribution in [0.15, 0.2) is 6.07 Å². The molecule has 1 heterocycles. The van der Waals surface area contributed by atoms with Crippen molar-refractivity contribution >= 4 is 23.4 Å². The van der Waals surface area contributed by atoms with Gasteiger partial charge in [-0.15, -0.1) is 0 Å². The van der Waals surface area contributed by atoms with Crippen LogP contribution in [0.5, 0.6) is 0 Å². The van der Waals surface area contributed by atoms with E-state index in [1.54, 1.807) is 0 Å². The third-order valence-corrected chi connectivity index (χ3v) is 3.12. The van der Waals surface area contributed by atoms with E-state index in [9.17, 15) is 0 Å². The SMILES string of the molecule is CCc1nc(NC)cc(NCCCCSC)n1. The summed E-state index contributed by atoms with van der Waals surface area (Å²) in [5.41, 5.74) is 0. The van der Waals surface area contributed by atoms with Gasteiger partial charge in [-0.05, 0) is 24.9 Å². The van der Waals surface area contributed by atoms with Gasteiger partial charge in [-0.2, -0.15) is 11.8 Å². The van der Waals surface area contributed by atoms with Gasteiger partial charge in [0.15, 0.2) is 0 Å². The van der Waals surface area contributed by atoms with Crippen molar-refractivity contribution in [2.75, 3.05) is 36.2 Å². The van der Waals surface area contributed by atoms with Crippen LogP contribution in [-0.2, 0) is 6.42 Å². The second kappa shape index (κ2) is 8.17. The Balaban J connectivity index is 2.46. The van der Waals surface area contributed by atoms with Crippen LogP contribution in [0.25, 0.3) is 0 Å². The van der Waals surface area contributed by atoms with Gasteiger partial charge in [-0.1, -0.05) is 6.92 Å². The summed E-state index contributed by atoms with van der Waals surface area (Å²) in [5, 5.41) is 6.41. The van der Waals surface area contributed by atoms with Crippen LogP contribution in [0.3, 0.4) is 0 Å². The van der Waals surface area contributed by atoms with Crippen LogP contribution in [0.4, 0.5) is 11.6 Å². The van der Waals surface area contributed by atoms with Crippen molar-refractivity contribution in [2.45, 2.75) is 26.2 Å². The Kier molecular flexibility index (Phi) is 6.77. The molecule has 0 bridgehead atoms. The molecule has 0 unspecified atom stereocenters. The molecule has 1 rings (SSSR count). The van der Waals surface area contributed by atoms with Crippen molar-refractivity contribution in [2.24, 2.45) is 0 Å². The normalized spacial score (nSPS) is 10.3. The van der Waals surface area contributed by atoms with Gasteiger partial charge in [0.25, 0.3) is 0 Å². The molecule has 0 saturated carbocycles. The average Bonchev–Trinajstić information content (AvgIpc) is 2.38. The summed E-state index contributed by atoms with van der Waals surface area (Å²) in [6, 6.07) is 1.95. The molecule has 0 fully saturated rings. The second-order valence-electron chi connectivity index (χ2n) is 3.78. The van der Waals surface area contributed by atoms with E-state index in [1.807, 2.05) is 24.9 Å². The predicted octanol–water partition coefficient (Wildman–Crippen LogP) is 2.64. The molecule has 5 heteroatoms. The molecule has 0 aromatic carbocycles. The number of hydrogen-bond acceptors (Lipinski definition) is 5. The number of aromatic nitrogens is 2. The minimum absolute atomic E-state index is 0.858. The van der Waals surface area contributed by atoms with Gasteiger partial charge in [-0.25, -0.2) is 9.97 Å². The summed E-state index contributed by atoms with van der Waals surface area (Å²) >= 11 is 1.90. The van der Waals surface area contributed by atoms with Crippen LogP contribution in [0, 0.1) is 0 Å². The minimum atomic E-state index is 0.858. The van der Waals surface area contributed by atoms with Crippen LogP contribution in [0.1, 0.15) is 25.6 Å². The smallest absolute Gasteiger partial charge is 0.132 e. The van der Waals surface area contributed by atoms with E-state index < -0.39 is 0 Å². The first-order valence-corrected chi connectivity index (χ1v) is 7.48. The van der Waals surface area contributed by atoms with Gasteiger partial charge in [0.1, 0.15) is 17.5 Å². The molecule has 0 saturated heterocycles. The first kappa shape index (κ1) is 14.1. The third kappa shape index (κ3) is 5.26. The van der Waals surface area contributed by atoms with Crippen molar-refractivity contribution in [1.29, 1.82) is 0 Å². The monoisotopic (exact) mass is 254 g/mol. The summed E-state index contributed by atoms with van der Waals surface area (Å²) in [5.74, 6) is 3.91. The molecule has 0 aliphatic rings.